The summed E-state index contributed by atoms with van der Waals surface area (Å²) in [5, 5.41) is 0. The van der Waals surface area contributed by atoms with Crippen molar-refractivity contribution in [3.05, 3.63) is 0 Å². The first-order valence-electron chi connectivity index (χ1n) is 3.54. The van der Waals surface area contributed by atoms with Crippen molar-refractivity contribution < 1.29 is 4.74 Å². The second-order valence-electron chi connectivity index (χ2n) is 2.16. The number of rotatable bonds is 6. The molecule has 0 aliphatic rings. The van der Waals surface area contributed by atoms with Gasteiger partial charge in [0.25, 0.3) is 0 Å². The Morgan fingerprint density at radius 3 is 2.30 bits per heavy atom. The second kappa shape index (κ2) is 7.64. The third-order valence-electron chi connectivity index (χ3n) is 1.31. The van der Waals surface area contributed by atoms with Crippen molar-refractivity contribution in [2.45, 2.75) is 13.3 Å². The molecule has 10 heavy (non-hydrogen) atoms. The zero-order chi connectivity index (χ0) is 7.82. The predicted molar refractivity (Wildman–Crippen MR) is 46.0 cm³/mol. The highest BCUT2D eigenvalue weighted by molar-refractivity contribution is 6.20. The molecule has 0 N–H and O–H groups in total. The minimum Gasteiger partial charge on any atom is -0.382 e. The molecule has 0 aromatic carbocycles. The number of alkyl halides is 2. The third-order valence-corrected chi connectivity index (χ3v) is 2.18. The monoisotopic (exact) mass is 184 g/mol. The summed E-state index contributed by atoms with van der Waals surface area (Å²) < 4.78 is 5.15. The van der Waals surface area contributed by atoms with Crippen LogP contribution in [0, 0.1) is 5.92 Å². The van der Waals surface area contributed by atoms with E-state index in [2.05, 4.69) is 0 Å². The van der Waals surface area contributed by atoms with Gasteiger partial charge < -0.3 is 4.74 Å². The highest BCUT2D eigenvalue weighted by Crippen LogP contribution is 2.07. The number of ether oxygens (including phenoxy) is 1. The van der Waals surface area contributed by atoms with E-state index in [0.717, 1.165) is 19.6 Å². The lowest BCUT2D eigenvalue weighted by Gasteiger charge is -2.08. The predicted octanol–water partition coefficient (Wildman–Crippen LogP) is 2.51. The molecule has 0 rings (SSSR count). The maximum atomic E-state index is 5.61. The Morgan fingerprint density at radius 1 is 1.30 bits per heavy atom. The van der Waals surface area contributed by atoms with Gasteiger partial charge in [-0.15, -0.1) is 23.2 Å². The van der Waals surface area contributed by atoms with Crippen LogP contribution in [0.1, 0.15) is 13.3 Å². The average Bonchev–Trinajstić information content (AvgIpc) is 1.99. The molecule has 0 fully saturated rings. The van der Waals surface area contributed by atoms with Crippen LogP contribution in [-0.4, -0.2) is 25.0 Å². The summed E-state index contributed by atoms with van der Waals surface area (Å²) in [6.45, 7) is 3.54. The minimum atomic E-state index is 0.412. The Labute approximate surface area is 72.6 Å². The van der Waals surface area contributed by atoms with Gasteiger partial charge in [-0.25, -0.2) is 0 Å². The molecule has 0 radical (unpaired) electrons. The fraction of sp³-hybridized carbons (Fsp3) is 1.00. The Bertz CT molecular complexity index is 64.6. The molecule has 3 heteroatoms. The topological polar surface area (TPSA) is 9.23 Å². The molecule has 0 aromatic heterocycles. The van der Waals surface area contributed by atoms with Crippen LogP contribution in [0.5, 0.6) is 0 Å². The summed E-state index contributed by atoms with van der Waals surface area (Å²) in [5.74, 6) is 1.68. The van der Waals surface area contributed by atoms with Crippen LogP contribution in [-0.2, 0) is 4.74 Å². The van der Waals surface area contributed by atoms with Crippen molar-refractivity contribution in [2.75, 3.05) is 25.0 Å². The Morgan fingerprint density at radius 2 is 1.90 bits per heavy atom. The lowest BCUT2D eigenvalue weighted by molar-refractivity contribution is 0.136. The van der Waals surface area contributed by atoms with Crippen molar-refractivity contribution in [3.63, 3.8) is 0 Å². The summed E-state index contributed by atoms with van der Waals surface area (Å²) in [6, 6.07) is 0. The standard InChI is InChI=1S/C7H14Cl2O/c1-2-10-4-3-7(5-8)6-9/h7H,2-6H2,1H3. The van der Waals surface area contributed by atoms with E-state index in [1.54, 1.807) is 0 Å². The maximum absolute atomic E-state index is 5.61. The molecule has 0 bridgehead atoms. The van der Waals surface area contributed by atoms with E-state index < -0.39 is 0 Å². The second-order valence-corrected chi connectivity index (χ2v) is 2.78. The van der Waals surface area contributed by atoms with Gasteiger partial charge in [-0.3, -0.25) is 0 Å². The van der Waals surface area contributed by atoms with Gasteiger partial charge in [0.1, 0.15) is 0 Å². The van der Waals surface area contributed by atoms with Gasteiger partial charge in [-0.05, 0) is 19.3 Å². The van der Waals surface area contributed by atoms with E-state index in [-0.39, 0.29) is 0 Å². The highest BCUT2D eigenvalue weighted by Gasteiger charge is 2.03. The number of halogens is 2. The molecule has 0 saturated carbocycles. The largest absolute Gasteiger partial charge is 0.382 e. The SMILES string of the molecule is CCOCCC(CCl)CCl. The van der Waals surface area contributed by atoms with Crippen LogP contribution in [0.2, 0.25) is 0 Å². The van der Waals surface area contributed by atoms with Gasteiger partial charge in [0.15, 0.2) is 0 Å². The molecule has 0 amide bonds. The Balaban J connectivity index is 3.09. The van der Waals surface area contributed by atoms with Crippen LogP contribution >= 0.6 is 23.2 Å². The number of hydrogen-bond acceptors (Lipinski definition) is 1. The first kappa shape index (κ1) is 10.5. The van der Waals surface area contributed by atoms with Crippen LogP contribution in [0.4, 0.5) is 0 Å². The molecule has 0 unspecified atom stereocenters. The summed E-state index contributed by atoms with van der Waals surface area (Å²) in [4.78, 5) is 0. The molecule has 62 valence electrons. The third kappa shape index (κ3) is 5.33. The molecule has 0 spiro atoms. The summed E-state index contributed by atoms with van der Waals surface area (Å²) in [5.41, 5.74) is 0. The van der Waals surface area contributed by atoms with Gasteiger partial charge in [-0.1, -0.05) is 0 Å². The molecule has 0 aromatic rings. The van der Waals surface area contributed by atoms with E-state index in [9.17, 15) is 0 Å². The van der Waals surface area contributed by atoms with Gasteiger partial charge in [-0.2, -0.15) is 0 Å². The van der Waals surface area contributed by atoms with Crippen molar-refractivity contribution in [1.82, 2.24) is 0 Å². The fourth-order valence-corrected chi connectivity index (χ4v) is 1.23. The Hall–Kier alpha value is 0.540. The molecule has 0 aliphatic carbocycles. The van der Waals surface area contributed by atoms with E-state index in [0.29, 0.717) is 17.7 Å². The normalized spacial score (nSPS) is 10.8. The van der Waals surface area contributed by atoms with Crippen molar-refractivity contribution in [1.29, 1.82) is 0 Å². The summed E-state index contributed by atoms with van der Waals surface area (Å²) >= 11 is 11.2. The van der Waals surface area contributed by atoms with Gasteiger partial charge in [0.2, 0.25) is 0 Å². The zero-order valence-electron chi connectivity index (χ0n) is 6.28. The van der Waals surface area contributed by atoms with E-state index in [1.165, 1.54) is 0 Å². The molecule has 0 atom stereocenters. The quantitative estimate of drug-likeness (QED) is 0.456. The maximum Gasteiger partial charge on any atom is 0.0469 e. The molecular weight excluding hydrogens is 171 g/mol. The zero-order valence-corrected chi connectivity index (χ0v) is 7.79. The van der Waals surface area contributed by atoms with Crippen LogP contribution < -0.4 is 0 Å². The van der Waals surface area contributed by atoms with Crippen molar-refractivity contribution in [2.24, 2.45) is 5.92 Å². The van der Waals surface area contributed by atoms with Crippen LogP contribution in [0.3, 0.4) is 0 Å². The van der Waals surface area contributed by atoms with E-state index >= 15 is 0 Å². The minimum absolute atomic E-state index is 0.412. The van der Waals surface area contributed by atoms with Crippen molar-refractivity contribution >= 4 is 23.2 Å². The van der Waals surface area contributed by atoms with Crippen molar-refractivity contribution in [3.8, 4) is 0 Å². The molecule has 0 saturated heterocycles. The van der Waals surface area contributed by atoms with Crippen LogP contribution in [0.25, 0.3) is 0 Å². The van der Waals surface area contributed by atoms with E-state index in [1.807, 2.05) is 6.92 Å². The molecule has 1 nitrogen and oxygen atoms in total. The first-order chi connectivity index (χ1) is 4.85. The summed E-state index contributed by atoms with van der Waals surface area (Å²) in [7, 11) is 0. The smallest absolute Gasteiger partial charge is 0.0469 e. The fourth-order valence-electron chi connectivity index (χ4n) is 0.590. The van der Waals surface area contributed by atoms with Gasteiger partial charge >= 0.3 is 0 Å². The Kier molecular flexibility index (Phi) is 8.06. The first-order valence-corrected chi connectivity index (χ1v) is 4.61. The molecule has 0 aliphatic heterocycles. The average molecular weight is 185 g/mol. The highest BCUT2D eigenvalue weighted by atomic mass is 35.5. The lowest BCUT2D eigenvalue weighted by atomic mass is 10.1. The number of hydrogen-bond donors (Lipinski definition) is 0. The molecule has 0 heterocycles. The van der Waals surface area contributed by atoms with Crippen LogP contribution in [0.15, 0.2) is 0 Å². The molecular formula is C7H14Cl2O. The lowest BCUT2D eigenvalue weighted by Crippen LogP contribution is -2.08. The van der Waals surface area contributed by atoms with Gasteiger partial charge in [0.05, 0.1) is 0 Å². The van der Waals surface area contributed by atoms with E-state index in [4.69, 9.17) is 27.9 Å². The van der Waals surface area contributed by atoms with Gasteiger partial charge in [0, 0.05) is 25.0 Å². The summed E-state index contributed by atoms with van der Waals surface area (Å²) in [6.07, 6.45) is 0.973.